The minimum absolute atomic E-state index is 0.341. The van der Waals surface area contributed by atoms with E-state index in [4.69, 9.17) is 17.3 Å². The molecule has 0 radical (unpaired) electrons. The van der Waals surface area contributed by atoms with E-state index in [2.05, 4.69) is 0 Å². The van der Waals surface area contributed by atoms with Gasteiger partial charge in [0.05, 0.1) is 5.60 Å². The highest BCUT2D eigenvalue weighted by atomic mass is 35.5. The van der Waals surface area contributed by atoms with Crippen LogP contribution in [0, 0.1) is 0 Å². The second-order valence-electron chi connectivity index (χ2n) is 4.39. The summed E-state index contributed by atoms with van der Waals surface area (Å²) in [6.45, 7) is 0.341. The Kier molecular flexibility index (Phi) is 3.01. The highest BCUT2D eigenvalue weighted by molar-refractivity contribution is 6.31. The number of aliphatic hydroxyl groups is 1. The van der Waals surface area contributed by atoms with Crippen LogP contribution in [0.15, 0.2) is 24.3 Å². The molecule has 0 bridgehead atoms. The largest absolute Gasteiger partial charge is 0.389 e. The Hall–Kier alpha value is -0.570. The molecule has 1 aromatic carbocycles. The molecule has 0 heterocycles. The van der Waals surface area contributed by atoms with Crippen LogP contribution in [0.2, 0.25) is 5.02 Å². The van der Waals surface area contributed by atoms with Crippen molar-refractivity contribution in [3.63, 3.8) is 0 Å². The molecule has 3 N–H and O–H groups in total. The molecule has 1 aromatic rings. The first-order chi connectivity index (χ1) is 7.14. The van der Waals surface area contributed by atoms with Crippen LogP contribution in [-0.4, -0.2) is 17.3 Å². The minimum Gasteiger partial charge on any atom is -0.389 e. The maximum atomic E-state index is 10.1. The predicted molar refractivity (Wildman–Crippen MR) is 62.0 cm³/mol. The van der Waals surface area contributed by atoms with Gasteiger partial charge >= 0.3 is 0 Å². The number of hydrogen-bond donors (Lipinski definition) is 2. The standard InChI is InChI=1S/C12H16ClNO/c13-11-4-2-1-3-10(11)9-5-6-12(15,7-9)8-14/h1-4,9,15H,5-8,14H2. The Balaban J connectivity index is 2.18. The van der Waals surface area contributed by atoms with Crippen LogP contribution >= 0.6 is 11.6 Å². The minimum atomic E-state index is -0.677. The van der Waals surface area contributed by atoms with Gasteiger partial charge < -0.3 is 10.8 Å². The molecule has 3 heteroatoms. The molecule has 1 fully saturated rings. The zero-order valence-electron chi connectivity index (χ0n) is 8.62. The molecule has 82 valence electrons. The molecule has 0 spiro atoms. The Morgan fingerprint density at radius 3 is 2.80 bits per heavy atom. The third-order valence-electron chi connectivity index (χ3n) is 3.31. The lowest BCUT2D eigenvalue weighted by Gasteiger charge is -2.20. The van der Waals surface area contributed by atoms with Gasteiger partial charge in [-0.25, -0.2) is 0 Å². The fourth-order valence-electron chi connectivity index (χ4n) is 2.36. The first-order valence-corrected chi connectivity index (χ1v) is 5.69. The van der Waals surface area contributed by atoms with Gasteiger partial charge in [0.2, 0.25) is 0 Å². The summed E-state index contributed by atoms with van der Waals surface area (Å²) in [6, 6.07) is 7.85. The van der Waals surface area contributed by atoms with E-state index in [-0.39, 0.29) is 0 Å². The van der Waals surface area contributed by atoms with Crippen molar-refractivity contribution < 1.29 is 5.11 Å². The Morgan fingerprint density at radius 1 is 1.47 bits per heavy atom. The van der Waals surface area contributed by atoms with Gasteiger partial charge in [0, 0.05) is 11.6 Å². The number of halogens is 1. The topological polar surface area (TPSA) is 46.2 Å². The van der Waals surface area contributed by atoms with Crippen molar-refractivity contribution in [3.05, 3.63) is 34.9 Å². The second kappa shape index (κ2) is 4.12. The van der Waals surface area contributed by atoms with Crippen LogP contribution in [0.25, 0.3) is 0 Å². The third kappa shape index (κ3) is 2.17. The smallest absolute Gasteiger partial charge is 0.0775 e. The van der Waals surface area contributed by atoms with Crippen LogP contribution in [0.4, 0.5) is 0 Å². The fourth-order valence-corrected chi connectivity index (χ4v) is 2.65. The molecule has 2 nitrogen and oxygen atoms in total. The average Bonchev–Trinajstić information content (AvgIpc) is 2.63. The Bertz CT molecular complexity index is 355. The van der Waals surface area contributed by atoms with Crippen molar-refractivity contribution in [1.82, 2.24) is 0 Å². The van der Waals surface area contributed by atoms with E-state index in [0.717, 1.165) is 29.8 Å². The van der Waals surface area contributed by atoms with Crippen molar-refractivity contribution in [3.8, 4) is 0 Å². The molecular formula is C12H16ClNO. The molecule has 0 amide bonds. The van der Waals surface area contributed by atoms with E-state index < -0.39 is 5.60 Å². The zero-order valence-corrected chi connectivity index (χ0v) is 9.37. The SMILES string of the molecule is NCC1(O)CCC(c2ccccc2Cl)C1. The maximum absolute atomic E-state index is 10.1. The molecule has 0 saturated heterocycles. The van der Waals surface area contributed by atoms with Crippen molar-refractivity contribution in [1.29, 1.82) is 0 Å². The van der Waals surface area contributed by atoms with E-state index in [0.29, 0.717) is 12.5 Å². The van der Waals surface area contributed by atoms with E-state index in [1.165, 1.54) is 0 Å². The summed E-state index contributed by atoms with van der Waals surface area (Å²) >= 11 is 6.13. The summed E-state index contributed by atoms with van der Waals surface area (Å²) in [7, 11) is 0. The molecule has 2 unspecified atom stereocenters. The molecular weight excluding hydrogens is 210 g/mol. The third-order valence-corrected chi connectivity index (χ3v) is 3.65. The summed E-state index contributed by atoms with van der Waals surface area (Å²) in [5, 5.41) is 10.8. The van der Waals surface area contributed by atoms with Crippen LogP contribution < -0.4 is 5.73 Å². The average molecular weight is 226 g/mol. The summed E-state index contributed by atoms with van der Waals surface area (Å²) < 4.78 is 0. The highest BCUT2D eigenvalue weighted by Crippen LogP contribution is 2.42. The lowest BCUT2D eigenvalue weighted by Crippen LogP contribution is -2.34. The molecule has 0 aromatic heterocycles. The number of hydrogen-bond acceptors (Lipinski definition) is 2. The first kappa shape index (κ1) is 10.9. The molecule has 2 atom stereocenters. The van der Waals surface area contributed by atoms with Gasteiger partial charge in [-0.15, -0.1) is 0 Å². The number of rotatable bonds is 2. The van der Waals surface area contributed by atoms with E-state index >= 15 is 0 Å². The van der Waals surface area contributed by atoms with Crippen molar-refractivity contribution in [2.45, 2.75) is 30.8 Å². The van der Waals surface area contributed by atoms with Crippen LogP contribution in [0.3, 0.4) is 0 Å². The van der Waals surface area contributed by atoms with Crippen molar-refractivity contribution >= 4 is 11.6 Å². The van der Waals surface area contributed by atoms with Gasteiger partial charge in [-0.05, 0) is 36.8 Å². The van der Waals surface area contributed by atoms with Crippen molar-refractivity contribution in [2.75, 3.05) is 6.54 Å². The van der Waals surface area contributed by atoms with Gasteiger partial charge in [-0.2, -0.15) is 0 Å². The van der Waals surface area contributed by atoms with Gasteiger partial charge in [-0.3, -0.25) is 0 Å². The van der Waals surface area contributed by atoms with Gasteiger partial charge in [0.1, 0.15) is 0 Å². The summed E-state index contributed by atoms with van der Waals surface area (Å²) in [6.07, 6.45) is 2.48. The van der Waals surface area contributed by atoms with E-state index in [1.54, 1.807) is 0 Å². The fraction of sp³-hybridized carbons (Fsp3) is 0.500. The van der Waals surface area contributed by atoms with Crippen LogP contribution in [-0.2, 0) is 0 Å². The van der Waals surface area contributed by atoms with Gasteiger partial charge in [0.15, 0.2) is 0 Å². The first-order valence-electron chi connectivity index (χ1n) is 5.31. The lowest BCUT2D eigenvalue weighted by atomic mass is 9.95. The molecule has 2 rings (SSSR count). The monoisotopic (exact) mass is 225 g/mol. The molecule has 1 aliphatic carbocycles. The number of benzene rings is 1. The zero-order chi connectivity index (χ0) is 10.9. The predicted octanol–water partition coefficient (Wildman–Crippen LogP) is 2.30. The molecule has 1 aliphatic rings. The summed E-state index contributed by atoms with van der Waals surface area (Å²) in [5.74, 6) is 0.354. The molecule has 15 heavy (non-hydrogen) atoms. The number of nitrogens with two attached hydrogens (primary N) is 1. The normalized spacial score (nSPS) is 30.7. The highest BCUT2D eigenvalue weighted by Gasteiger charge is 2.37. The molecule has 1 saturated carbocycles. The van der Waals surface area contributed by atoms with E-state index in [9.17, 15) is 5.11 Å². The maximum Gasteiger partial charge on any atom is 0.0775 e. The van der Waals surface area contributed by atoms with Crippen molar-refractivity contribution in [2.24, 2.45) is 5.73 Å². The van der Waals surface area contributed by atoms with Gasteiger partial charge in [0.25, 0.3) is 0 Å². The Morgan fingerprint density at radius 2 is 2.20 bits per heavy atom. The second-order valence-corrected chi connectivity index (χ2v) is 4.80. The molecule has 0 aliphatic heterocycles. The van der Waals surface area contributed by atoms with Crippen LogP contribution in [0.5, 0.6) is 0 Å². The summed E-state index contributed by atoms with van der Waals surface area (Å²) in [4.78, 5) is 0. The van der Waals surface area contributed by atoms with Gasteiger partial charge in [-0.1, -0.05) is 29.8 Å². The van der Waals surface area contributed by atoms with Crippen LogP contribution in [0.1, 0.15) is 30.7 Å². The Labute approximate surface area is 95.1 Å². The quantitative estimate of drug-likeness (QED) is 0.812. The lowest BCUT2D eigenvalue weighted by molar-refractivity contribution is 0.0554. The van der Waals surface area contributed by atoms with E-state index in [1.807, 2.05) is 24.3 Å². The summed E-state index contributed by atoms with van der Waals surface area (Å²) in [5.41, 5.74) is 6.03.